The molecule has 1 aromatic rings. The maximum absolute atomic E-state index is 3.67. The molecule has 2 heteroatoms. The Hall–Kier alpha value is -0.470. The van der Waals surface area contributed by atoms with Crippen LogP contribution in [0.5, 0.6) is 0 Å². The average molecular weight is 277 g/mol. The van der Waals surface area contributed by atoms with Gasteiger partial charge < -0.3 is 5.32 Å². The second kappa shape index (κ2) is 7.35. The number of hydrogen-bond acceptors (Lipinski definition) is 2. The minimum atomic E-state index is 0.510. The van der Waals surface area contributed by atoms with Crippen molar-refractivity contribution in [1.82, 2.24) is 5.32 Å². The maximum Gasteiger partial charge on any atom is 0.0414 e. The first-order valence-corrected chi connectivity index (χ1v) is 8.67. The molecule has 1 N–H and O–H groups in total. The highest BCUT2D eigenvalue weighted by Gasteiger charge is 2.19. The van der Waals surface area contributed by atoms with E-state index in [0.29, 0.717) is 6.04 Å². The summed E-state index contributed by atoms with van der Waals surface area (Å²) in [5.41, 5.74) is 4.28. The van der Waals surface area contributed by atoms with Crippen LogP contribution in [0.1, 0.15) is 55.3 Å². The van der Waals surface area contributed by atoms with Crippen LogP contribution in [0.25, 0.3) is 0 Å². The molecule has 1 aromatic carbocycles. The first-order valence-electron chi connectivity index (χ1n) is 7.63. The minimum Gasteiger partial charge on any atom is -0.310 e. The maximum atomic E-state index is 3.67. The van der Waals surface area contributed by atoms with Crippen molar-refractivity contribution >= 4 is 11.8 Å². The van der Waals surface area contributed by atoms with Crippen LogP contribution in [-0.4, -0.2) is 17.5 Å². The second-order valence-electron chi connectivity index (χ2n) is 5.71. The zero-order valence-corrected chi connectivity index (χ0v) is 13.4. The molecule has 2 rings (SSSR count). The molecule has 0 saturated heterocycles. The molecule has 106 valence electrons. The van der Waals surface area contributed by atoms with E-state index in [1.807, 2.05) is 0 Å². The van der Waals surface area contributed by atoms with Gasteiger partial charge in [-0.25, -0.2) is 0 Å². The fraction of sp³-hybridized carbons (Fsp3) is 0.647. The molecule has 0 spiro atoms. The minimum absolute atomic E-state index is 0.510. The first kappa shape index (κ1) is 14.9. The standard InChI is InChI=1S/C17H27NS/c1-4-18-17(12-19-15-7-5-6-8-15)16-11-13(2)9-10-14(16)3/h9-11,15,17-18H,4-8,12H2,1-3H3. The van der Waals surface area contributed by atoms with Crippen LogP contribution in [0.4, 0.5) is 0 Å². The van der Waals surface area contributed by atoms with Gasteiger partial charge in [0.25, 0.3) is 0 Å². The topological polar surface area (TPSA) is 12.0 Å². The van der Waals surface area contributed by atoms with Gasteiger partial charge in [-0.3, -0.25) is 0 Å². The Morgan fingerprint density at radius 2 is 2.00 bits per heavy atom. The lowest BCUT2D eigenvalue weighted by molar-refractivity contribution is 0.601. The van der Waals surface area contributed by atoms with E-state index in [0.717, 1.165) is 11.8 Å². The predicted octanol–water partition coefficient (Wildman–Crippen LogP) is 4.63. The summed E-state index contributed by atoms with van der Waals surface area (Å²) in [6.45, 7) is 7.68. The molecule has 0 aliphatic heterocycles. The molecule has 1 aliphatic rings. The van der Waals surface area contributed by atoms with E-state index in [1.54, 1.807) is 0 Å². The van der Waals surface area contributed by atoms with E-state index in [-0.39, 0.29) is 0 Å². The third-order valence-corrected chi connectivity index (χ3v) is 5.53. The third-order valence-electron chi connectivity index (χ3n) is 4.06. The van der Waals surface area contributed by atoms with Gasteiger partial charge in [-0.2, -0.15) is 11.8 Å². The van der Waals surface area contributed by atoms with Crippen molar-refractivity contribution < 1.29 is 0 Å². The smallest absolute Gasteiger partial charge is 0.0414 e. The summed E-state index contributed by atoms with van der Waals surface area (Å²) in [5, 5.41) is 4.58. The fourth-order valence-corrected chi connectivity index (χ4v) is 4.36. The average Bonchev–Trinajstić information content (AvgIpc) is 2.91. The number of aryl methyl sites for hydroxylation is 2. The monoisotopic (exact) mass is 277 g/mol. The number of nitrogens with one attached hydrogen (secondary N) is 1. The van der Waals surface area contributed by atoms with Gasteiger partial charge in [0.05, 0.1) is 0 Å². The van der Waals surface area contributed by atoms with Crippen molar-refractivity contribution in [2.24, 2.45) is 0 Å². The van der Waals surface area contributed by atoms with Gasteiger partial charge in [0.1, 0.15) is 0 Å². The molecule has 19 heavy (non-hydrogen) atoms. The van der Waals surface area contributed by atoms with Gasteiger partial charge in [0.15, 0.2) is 0 Å². The lowest BCUT2D eigenvalue weighted by atomic mass is 10.00. The van der Waals surface area contributed by atoms with E-state index in [2.05, 4.69) is 56.0 Å². The SMILES string of the molecule is CCNC(CSC1CCCC1)c1cc(C)ccc1C. The first-order chi connectivity index (χ1) is 9.20. The molecule has 0 aromatic heterocycles. The van der Waals surface area contributed by atoms with E-state index in [4.69, 9.17) is 0 Å². The lowest BCUT2D eigenvalue weighted by Gasteiger charge is -2.22. The van der Waals surface area contributed by atoms with Crippen LogP contribution < -0.4 is 5.32 Å². The van der Waals surface area contributed by atoms with Gasteiger partial charge in [0, 0.05) is 17.0 Å². The zero-order valence-electron chi connectivity index (χ0n) is 12.5. The van der Waals surface area contributed by atoms with Crippen LogP contribution >= 0.6 is 11.8 Å². The normalized spacial score (nSPS) is 17.8. The van der Waals surface area contributed by atoms with Crippen molar-refractivity contribution in [3.8, 4) is 0 Å². The molecule has 1 unspecified atom stereocenters. The number of thioether (sulfide) groups is 1. The molecule has 1 fully saturated rings. The largest absolute Gasteiger partial charge is 0.310 e. The van der Waals surface area contributed by atoms with Crippen molar-refractivity contribution in [3.05, 3.63) is 34.9 Å². The van der Waals surface area contributed by atoms with Crippen LogP contribution in [0.15, 0.2) is 18.2 Å². The number of benzene rings is 1. The summed E-state index contributed by atoms with van der Waals surface area (Å²) >= 11 is 2.18. The molecular weight excluding hydrogens is 250 g/mol. The molecule has 0 amide bonds. The summed E-state index contributed by atoms with van der Waals surface area (Å²) in [7, 11) is 0. The Kier molecular flexibility index (Phi) is 5.77. The highest BCUT2D eigenvalue weighted by atomic mass is 32.2. The highest BCUT2D eigenvalue weighted by molar-refractivity contribution is 7.99. The molecular formula is C17H27NS. The second-order valence-corrected chi connectivity index (χ2v) is 7.04. The Morgan fingerprint density at radius 1 is 1.26 bits per heavy atom. The predicted molar refractivity (Wildman–Crippen MR) is 87.0 cm³/mol. The number of rotatable bonds is 6. The van der Waals surface area contributed by atoms with Crippen molar-refractivity contribution in [2.75, 3.05) is 12.3 Å². The van der Waals surface area contributed by atoms with E-state index >= 15 is 0 Å². The van der Waals surface area contributed by atoms with Crippen molar-refractivity contribution in [3.63, 3.8) is 0 Å². The molecule has 0 bridgehead atoms. The van der Waals surface area contributed by atoms with E-state index < -0.39 is 0 Å². The summed E-state index contributed by atoms with van der Waals surface area (Å²) in [6, 6.07) is 7.34. The molecule has 0 heterocycles. The van der Waals surface area contributed by atoms with E-state index in [1.165, 1.54) is 48.1 Å². The quantitative estimate of drug-likeness (QED) is 0.813. The van der Waals surface area contributed by atoms with Crippen LogP contribution in [-0.2, 0) is 0 Å². The Morgan fingerprint density at radius 3 is 2.68 bits per heavy atom. The third kappa shape index (κ3) is 4.25. The van der Waals surface area contributed by atoms with Crippen molar-refractivity contribution in [2.45, 2.75) is 57.7 Å². The summed E-state index contributed by atoms with van der Waals surface area (Å²) in [4.78, 5) is 0. The lowest BCUT2D eigenvalue weighted by Crippen LogP contribution is -2.24. The molecule has 1 saturated carbocycles. The van der Waals surface area contributed by atoms with Gasteiger partial charge >= 0.3 is 0 Å². The summed E-state index contributed by atoms with van der Waals surface area (Å²) in [5.74, 6) is 1.21. The molecule has 1 nitrogen and oxygen atoms in total. The van der Waals surface area contributed by atoms with Gasteiger partial charge in [-0.05, 0) is 44.4 Å². The van der Waals surface area contributed by atoms with Gasteiger partial charge in [-0.15, -0.1) is 0 Å². The Bertz CT molecular complexity index is 396. The van der Waals surface area contributed by atoms with Gasteiger partial charge in [-0.1, -0.05) is 43.5 Å². The number of hydrogen-bond donors (Lipinski definition) is 1. The molecule has 0 radical (unpaired) electrons. The summed E-state index contributed by atoms with van der Waals surface area (Å²) in [6.07, 6.45) is 5.73. The fourth-order valence-electron chi connectivity index (χ4n) is 2.93. The highest BCUT2D eigenvalue weighted by Crippen LogP contribution is 2.32. The summed E-state index contributed by atoms with van der Waals surface area (Å²) < 4.78 is 0. The van der Waals surface area contributed by atoms with Crippen LogP contribution in [0.3, 0.4) is 0 Å². The van der Waals surface area contributed by atoms with Gasteiger partial charge in [0.2, 0.25) is 0 Å². The van der Waals surface area contributed by atoms with Crippen LogP contribution in [0.2, 0.25) is 0 Å². The zero-order chi connectivity index (χ0) is 13.7. The Labute approximate surface area is 122 Å². The molecule has 1 atom stereocenters. The van der Waals surface area contributed by atoms with Crippen molar-refractivity contribution in [1.29, 1.82) is 0 Å². The molecule has 1 aliphatic carbocycles. The van der Waals surface area contributed by atoms with E-state index in [9.17, 15) is 0 Å². The van der Waals surface area contributed by atoms with Crippen LogP contribution in [0, 0.1) is 13.8 Å². The Balaban J connectivity index is 2.03.